The lowest BCUT2D eigenvalue weighted by Gasteiger charge is -2.25. The van der Waals surface area contributed by atoms with E-state index in [1.165, 1.54) is 23.4 Å². The SMILES string of the molecule is CC.CC(C)(C)OC(=O)N(c1ccc2c(cnn2C(=O)OC(C)(C)C)c1)c1nnc(-c2cncc([N+](=O)[O-])c2)s1. The molecule has 0 saturated carbocycles. The number of benzene rings is 1. The van der Waals surface area contributed by atoms with Crippen LogP contribution >= 0.6 is 11.3 Å². The molecule has 0 saturated heterocycles. The first-order valence-electron chi connectivity index (χ1n) is 12.4. The Morgan fingerprint density at radius 3 is 2.27 bits per heavy atom. The van der Waals surface area contributed by atoms with E-state index in [0.717, 1.165) is 22.2 Å². The molecule has 1 amide bonds. The summed E-state index contributed by atoms with van der Waals surface area (Å²) in [4.78, 5) is 41.6. The van der Waals surface area contributed by atoms with Gasteiger partial charge in [0.2, 0.25) is 5.13 Å². The van der Waals surface area contributed by atoms with Crippen molar-refractivity contribution in [3.8, 4) is 10.6 Å². The van der Waals surface area contributed by atoms with Crippen molar-refractivity contribution >= 4 is 50.9 Å². The molecule has 0 N–H and O–H groups in total. The summed E-state index contributed by atoms with van der Waals surface area (Å²) < 4.78 is 12.2. The van der Waals surface area contributed by atoms with Gasteiger partial charge in [-0.25, -0.2) is 14.5 Å². The smallest absolute Gasteiger partial charge is 0.435 e. The number of hydrogen-bond acceptors (Lipinski definition) is 11. The van der Waals surface area contributed by atoms with Crippen LogP contribution in [0.4, 0.5) is 26.1 Å². The zero-order valence-electron chi connectivity index (χ0n) is 23.5. The molecule has 1 aromatic carbocycles. The zero-order chi connectivity index (χ0) is 29.8. The molecule has 3 aromatic heterocycles. The van der Waals surface area contributed by atoms with Gasteiger partial charge in [-0.1, -0.05) is 25.2 Å². The highest BCUT2D eigenvalue weighted by atomic mass is 32.1. The molecular formula is C26H31N7O6S. The molecule has 0 aliphatic heterocycles. The van der Waals surface area contributed by atoms with Crippen molar-refractivity contribution in [1.29, 1.82) is 0 Å². The monoisotopic (exact) mass is 569 g/mol. The van der Waals surface area contributed by atoms with Crippen LogP contribution in [0.2, 0.25) is 0 Å². The van der Waals surface area contributed by atoms with Crippen molar-refractivity contribution in [3.63, 3.8) is 0 Å². The molecule has 0 aliphatic rings. The number of rotatable bonds is 4. The molecule has 0 spiro atoms. The van der Waals surface area contributed by atoms with E-state index in [-0.39, 0.29) is 10.8 Å². The van der Waals surface area contributed by atoms with Gasteiger partial charge in [-0.2, -0.15) is 9.78 Å². The van der Waals surface area contributed by atoms with Gasteiger partial charge in [0.25, 0.3) is 5.69 Å². The zero-order valence-corrected chi connectivity index (χ0v) is 24.3. The molecule has 13 nitrogen and oxygen atoms in total. The highest BCUT2D eigenvalue weighted by Crippen LogP contribution is 2.36. The van der Waals surface area contributed by atoms with Crippen molar-refractivity contribution in [2.75, 3.05) is 4.90 Å². The van der Waals surface area contributed by atoms with Crippen LogP contribution in [0.25, 0.3) is 21.5 Å². The van der Waals surface area contributed by atoms with Gasteiger partial charge in [0.15, 0.2) is 5.01 Å². The number of anilines is 2. The number of carbonyl (C=O) groups is 2. The highest BCUT2D eigenvalue weighted by molar-refractivity contribution is 7.18. The van der Waals surface area contributed by atoms with Gasteiger partial charge in [-0.3, -0.25) is 15.1 Å². The second-order valence-corrected chi connectivity index (χ2v) is 11.1. The number of hydrogen-bond donors (Lipinski definition) is 0. The number of nitrogens with zero attached hydrogens (tertiary/aromatic N) is 7. The fraction of sp³-hybridized carbons (Fsp3) is 0.385. The number of fused-ring (bicyclic) bond motifs is 1. The molecule has 0 atom stereocenters. The lowest BCUT2D eigenvalue weighted by atomic mass is 10.2. The summed E-state index contributed by atoms with van der Waals surface area (Å²) in [6.07, 6.45) is 2.69. The molecule has 4 aromatic rings. The van der Waals surface area contributed by atoms with Crippen molar-refractivity contribution in [2.45, 2.75) is 66.6 Å². The third-order valence-electron chi connectivity index (χ3n) is 4.74. The van der Waals surface area contributed by atoms with Gasteiger partial charge in [-0.05, 0) is 59.7 Å². The summed E-state index contributed by atoms with van der Waals surface area (Å²) in [5.41, 5.74) is -0.467. The van der Waals surface area contributed by atoms with E-state index >= 15 is 0 Å². The lowest BCUT2D eigenvalue weighted by Crippen LogP contribution is -2.33. The summed E-state index contributed by atoms with van der Waals surface area (Å²) in [5.74, 6) is 0. The molecule has 0 unspecified atom stereocenters. The fourth-order valence-electron chi connectivity index (χ4n) is 3.28. The van der Waals surface area contributed by atoms with Crippen molar-refractivity contribution in [3.05, 3.63) is 53.0 Å². The Morgan fingerprint density at radius 1 is 0.975 bits per heavy atom. The Hall–Kier alpha value is -4.46. The van der Waals surface area contributed by atoms with E-state index in [4.69, 9.17) is 9.47 Å². The summed E-state index contributed by atoms with van der Waals surface area (Å²) in [6, 6.07) is 6.23. The third kappa shape index (κ3) is 7.14. The van der Waals surface area contributed by atoms with Crippen LogP contribution in [-0.4, -0.2) is 53.3 Å². The summed E-state index contributed by atoms with van der Waals surface area (Å²) in [6.45, 7) is 14.5. The van der Waals surface area contributed by atoms with E-state index < -0.39 is 28.3 Å². The second-order valence-electron chi connectivity index (χ2n) is 10.2. The van der Waals surface area contributed by atoms with Crippen LogP contribution in [0.3, 0.4) is 0 Å². The Bertz CT molecular complexity index is 1530. The van der Waals surface area contributed by atoms with Crippen molar-refractivity contribution < 1.29 is 24.0 Å². The van der Waals surface area contributed by atoms with E-state index in [0.29, 0.717) is 27.2 Å². The normalized spacial score (nSPS) is 11.4. The van der Waals surface area contributed by atoms with Crippen LogP contribution in [0.15, 0.2) is 42.9 Å². The van der Waals surface area contributed by atoms with Gasteiger partial charge in [0, 0.05) is 23.2 Å². The first kappa shape index (κ1) is 30.1. The van der Waals surface area contributed by atoms with E-state index in [2.05, 4.69) is 20.3 Å². The van der Waals surface area contributed by atoms with Gasteiger partial charge >= 0.3 is 12.2 Å². The molecular weight excluding hydrogens is 538 g/mol. The maximum atomic E-state index is 13.3. The fourth-order valence-corrected chi connectivity index (χ4v) is 4.12. The molecule has 0 radical (unpaired) electrons. The molecule has 40 heavy (non-hydrogen) atoms. The highest BCUT2D eigenvalue weighted by Gasteiger charge is 2.29. The summed E-state index contributed by atoms with van der Waals surface area (Å²) >= 11 is 1.03. The first-order valence-corrected chi connectivity index (χ1v) is 13.2. The molecule has 212 valence electrons. The van der Waals surface area contributed by atoms with Gasteiger partial charge in [0.1, 0.15) is 17.4 Å². The lowest BCUT2D eigenvalue weighted by molar-refractivity contribution is -0.385. The van der Waals surface area contributed by atoms with Crippen LogP contribution in [0.5, 0.6) is 0 Å². The Labute approximate surface area is 234 Å². The van der Waals surface area contributed by atoms with Crippen LogP contribution in [0.1, 0.15) is 55.4 Å². The van der Waals surface area contributed by atoms with Gasteiger partial charge in [-0.15, -0.1) is 10.2 Å². The number of pyridine rings is 1. The minimum atomic E-state index is -0.807. The average molecular weight is 570 g/mol. The first-order chi connectivity index (χ1) is 18.7. The predicted molar refractivity (Wildman–Crippen MR) is 151 cm³/mol. The number of carbonyl (C=O) groups excluding carboxylic acids is 2. The molecule has 14 heteroatoms. The third-order valence-corrected chi connectivity index (χ3v) is 5.70. The number of ether oxygens (including phenoxy) is 2. The number of aromatic nitrogens is 5. The quantitative estimate of drug-likeness (QED) is 0.190. The standard InChI is InChI=1S/C24H25N7O6S.C2H6/c1-23(2,3)36-21(32)29(20-28-27-19(38-20)15-10-17(31(34)35)13-25-11-15)16-7-8-18-14(9-16)12-26-30(18)22(33)37-24(4,5)6;1-2/h7-13H,1-6H3;1-2H3. The van der Waals surface area contributed by atoms with Gasteiger partial charge in [0.05, 0.1) is 22.3 Å². The Kier molecular flexibility index (Phi) is 8.83. The summed E-state index contributed by atoms with van der Waals surface area (Å²) in [5, 5.41) is 24.6. The van der Waals surface area contributed by atoms with Gasteiger partial charge < -0.3 is 9.47 Å². The Balaban J connectivity index is 0.00000216. The van der Waals surface area contributed by atoms with Crippen LogP contribution in [-0.2, 0) is 9.47 Å². The van der Waals surface area contributed by atoms with Crippen LogP contribution in [0, 0.1) is 10.1 Å². The predicted octanol–water partition coefficient (Wildman–Crippen LogP) is 6.74. The molecule has 0 aliphatic carbocycles. The summed E-state index contributed by atoms with van der Waals surface area (Å²) in [7, 11) is 0. The maximum absolute atomic E-state index is 13.3. The number of nitro groups is 1. The van der Waals surface area contributed by atoms with Crippen molar-refractivity contribution in [1.82, 2.24) is 25.0 Å². The molecule has 3 heterocycles. The second kappa shape index (κ2) is 11.7. The molecule has 0 fully saturated rings. The average Bonchev–Trinajstić information content (AvgIpc) is 3.51. The van der Waals surface area contributed by atoms with E-state index in [1.807, 2.05) is 13.8 Å². The van der Waals surface area contributed by atoms with Crippen molar-refractivity contribution in [2.24, 2.45) is 0 Å². The minimum Gasteiger partial charge on any atom is -0.443 e. The van der Waals surface area contributed by atoms with E-state index in [1.54, 1.807) is 59.7 Å². The Morgan fingerprint density at radius 2 is 1.65 bits per heavy atom. The molecule has 0 bridgehead atoms. The minimum absolute atomic E-state index is 0.166. The van der Waals surface area contributed by atoms with E-state index in [9.17, 15) is 19.7 Å². The number of amides is 1. The topological polar surface area (TPSA) is 155 Å². The maximum Gasteiger partial charge on any atom is 0.435 e. The van der Waals surface area contributed by atoms with Crippen LogP contribution < -0.4 is 4.90 Å². The molecule has 4 rings (SSSR count). The largest absolute Gasteiger partial charge is 0.443 e.